The zero-order chi connectivity index (χ0) is 14.9. The fourth-order valence-corrected chi connectivity index (χ4v) is 4.10. The van der Waals surface area contributed by atoms with E-state index < -0.39 is 9.05 Å². The van der Waals surface area contributed by atoms with Gasteiger partial charge < -0.3 is 4.74 Å². The van der Waals surface area contributed by atoms with E-state index in [1.165, 1.54) is 12.1 Å². The molecule has 0 aliphatic heterocycles. The maximum absolute atomic E-state index is 11.3. The molecule has 0 heterocycles. The third kappa shape index (κ3) is 3.94. The summed E-state index contributed by atoms with van der Waals surface area (Å²) in [6.45, 7) is 2.22. The Labute approximate surface area is 133 Å². The number of hydrogen-bond donors (Lipinski definition) is 0. The highest BCUT2D eigenvalue weighted by Gasteiger charge is 2.23. The predicted octanol–water partition coefficient (Wildman–Crippen LogP) is 4.88. The van der Waals surface area contributed by atoms with E-state index in [1.807, 2.05) is 0 Å². The van der Waals surface area contributed by atoms with Crippen molar-refractivity contribution in [2.45, 2.75) is 43.6 Å². The smallest absolute Gasteiger partial charge is 0.262 e. The molecular weight excluding hydrogens is 343 g/mol. The van der Waals surface area contributed by atoms with Gasteiger partial charge >= 0.3 is 0 Å². The number of ether oxygens (including phenoxy) is 1. The minimum absolute atomic E-state index is 0.0172. The lowest BCUT2D eigenvalue weighted by molar-refractivity contribution is 0.135. The number of halogens is 3. The van der Waals surface area contributed by atoms with Gasteiger partial charge in [-0.3, -0.25) is 0 Å². The Kier molecular flexibility index (Phi) is 5.11. The van der Waals surface area contributed by atoms with Crippen LogP contribution in [0.15, 0.2) is 17.0 Å². The second kappa shape index (κ2) is 6.30. The normalized spacial score (nSPS) is 23.6. The standard InChI is InChI=1S/C13H15Cl3O3S/c1-8-2-4-9(5-3-8)19-12-6-11(15)13(7-10(12)14)20(16,17)18/h6-9H,2-5H2,1H3. The molecule has 20 heavy (non-hydrogen) atoms. The van der Waals surface area contributed by atoms with Gasteiger partial charge in [-0.1, -0.05) is 30.1 Å². The van der Waals surface area contributed by atoms with E-state index in [0.717, 1.165) is 31.6 Å². The molecule has 0 N–H and O–H groups in total. The van der Waals surface area contributed by atoms with Gasteiger partial charge in [0.15, 0.2) is 0 Å². The van der Waals surface area contributed by atoms with Gasteiger partial charge in [-0.15, -0.1) is 0 Å². The van der Waals surface area contributed by atoms with Crippen molar-refractivity contribution in [3.8, 4) is 5.75 Å². The molecule has 1 aromatic carbocycles. The third-order valence-electron chi connectivity index (χ3n) is 3.51. The molecule has 1 fully saturated rings. The zero-order valence-electron chi connectivity index (χ0n) is 10.9. The second-order valence-corrected chi connectivity index (χ2v) is 8.50. The fourth-order valence-electron chi connectivity index (χ4n) is 2.31. The third-order valence-corrected chi connectivity index (χ3v) is 5.59. The van der Waals surface area contributed by atoms with Gasteiger partial charge in [-0.05, 0) is 37.7 Å². The van der Waals surface area contributed by atoms with Crippen LogP contribution in [0.5, 0.6) is 5.75 Å². The van der Waals surface area contributed by atoms with Crippen LogP contribution in [0.1, 0.15) is 32.6 Å². The average molecular weight is 358 g/mol. The Morgan fingerprint density at radius 1 is 1.10 bits per heavy atom. The lowest BCUT2D eigenvalue weighted by Crippen LogP contribution is -2.23. The van der Waals surface area contributed by atoms with Gasteiger partial charge in [-0.25, -0.2) is 8.42 Å². The van der Waals surface area contributed by atoms with E-state index in [2.05, 4.69) is 6.92 Å². The van der Waals surface area contributed by atoms with Crippen molar-refractivity contribution in [1.82, 2.24) is 0 Å². The van der Waals surface area contributed by atoms with Gasteiger partial charge in [0.25, 0.3) is 9.05 Å². The summed E-state index contributed by atoms with van der Waals surface area (Å²) in [5.74, 6) is 1.12. The van der Waals surface area contributed by atoms with Gasteiger partial charge in [-0.2, -0.15) is 0 Å². The molecule has 1 aliphatic rings. The van der Waals surface area contributed by atoms with Crippen molar-refractivity contribution in [3.05, 3.63) is 22.2 Å². The molecule has 1 aliphatic carbocycles. The summed E-state index contributed by atoms with van der Waals surface area (Å²) in [6.07, 6.45) is 4.25. The molecule has 0 spiro atoms. The van der Waals surface area contributed by atoms with Crippen molar-refractivity contribution in [3.63, 3.8) is 0 Å². The minimum atomic E-state index is -3.91. The molecule has 0 atom stereocenters. The van der Waals surface area contributed by atoms with Crippen LogP contribution in [-0.4, -0.2) is 14.5 Å². The lowest BCUT2D eigenvalue weighted by Gasteiger charge is -2.27. The summed E-state index contributed by atoms with van der Waals surface area (Å²) in [6, 6.07) is 2.64. The highest BCUT2D eigenvalue weighted by molar-refractivity contribution is 8.13. The van der Waals surface area contributed by atoms with Crippen LogP contribution in [0.25, 0.3) is 0 Å². The Balaban J connectivity index is 2.19. The molecule has 2 rings (SSSR count). The van der Waals surface area contributed by atoms with Crippen molar-refractivity contribution in [1.29, 1.82) is 0 Å². The topological polar surface area (TPSA) is 43.4 Å². The summed E-state index contributed by atoms with van der Waals surface area (Å²) >= 11 is 12.0. The molecular formula is C13H15Cl3O3S. The zero-order valence-corrected chi connectivity index (χ0v) is 14.0. The number of benzene rings is 1. The number of hydrogen-bond acceptors (Lipinski definition) is 3. The van der Waals surface area contributed by atoms with E-state index in [9.17, 15) is 8.42 Å². The molecule has 0 radical (unpaired) electrons. The van der Waals surface area contributed by atoms with Crippen molar-refractivity contribution >= 4 is 42.9 Å². The molecule has 0 saturated heterocycles. The number of rotatable bonds is 3. The van der Waals surface area contributed by atoms with Gasteiger partial charge in [0.2, 0.25) is 0 Å². The van der Waals surface area contributed by atoms with Crippen LogP contribution in [0.4, 0.5) is 0 Å². The summed E-state index contributed by atoms with van der Waals surface area (Å²) in [5, 5.41) is 0.218. The molecule has 1 aromatic rings. The summed E-state index contributed by atoms with van der Waals surface area (Å²) < 4.78 is 28.5. The molecule has 0 unspecified atom stereocenters. The van der Waals surface area contributed by atoms with Crippen LogP contribution in [0.3, 0.4) is 0 Å². The SMILES string of the molecule is CC1CCC(Oc2cc(Cl)c(S(=O)(=O)Cl)cc2Cl)CC1. The molecule has 0 aromatic heterocycles. The first-order chi connectivity index (χ1) is 9.27. The van der Waals surface area contributed by atoms with Crippen LogP contribution in [0.2, 0.25) is 10.0 Å². The summed E-state index contributed by atoms with van der Waals surface area (Å²) in [4.78, 5) is -0.199. The molecule has 1 saturated carbocycles. The first-order valence-electron chi connectivity index (χ1n) is 6.37. The van der Waals surface area contributed by atoms with Crippen molar-refractivity contribution < 1.29 is 13.2 Å². The quantitative estimate of drug-likeness (QED) is 0.724. The fraction of sp³-hybridized carbons (Fsp3) is 0.538. The predicted molar refractivity (Wildman–Crippen MR) is 81.5 cm³/mol. The highest BCUT2D eigenvalue weighted by atomic mass is 35.7. The first kappa shape index (κ1) is 16.2. The molecule has 112 valence electrons. The molecule has 0 amide bonds. The summed E-state index contributed by atoms with van der Waals surface area (Å²) in [7, 11) is 1.37. The summed E-state index contributed by atoms with van der Waals surface area (Å²) in [5.41, 5.74) is 0. The first-order valence-corrected chi connectivity index (χ1v) is 9.44. The Bertz CT molecular complexity index is 593. The van der Waals surface area contributed by atoms with Crippen LogP contribution < -0.4 is 4.74 Å². The molecule has 3 nitrogen and oxygen atoms in total. The molecule has 7 heteroatoms. The van der Waals surface area contributed by atoms with E-state index in [4.69, 9.17) is 38.6 Å². The van der Waals surface area contributed by atoms with E-state index in [0.29, 0.717) is 5.75 Å². The van der Waals surface area contributed by atoms with E-state index in [-0.39, 0.29) is 21.0 Å². The largest absolute Gasteiger partial charge is 0.489 e. The second-order valence-electron chi connectivity index (χ2n) is 5.15. The van der Waals surface area contributed by atoms with Crippen molar-refractivity contribution in [2.75, 3.05) is 0 Å². The average Bonchev–Trinajstić information content (AvgIpc) is 2.35. The lowest BCUT2D eigenvalue weighted by atomic mass is 9.89. The van der Waals surface area contributed by atoms with Crippen LogP contribution in [-0.2, 0) is 9.05 Å². The van der Waals surface area contributed by atoms with Gasteiger partial charge in [0.05, 0.1) is 16.1 Å². The molecule has 0 bridgehead atoms. The van der Waals surface area contributed by atoms with Crippen molar-refractivity contribution in [2.24, 2.45) is 5.92 Å². The maximum Gasteiger partial charge on any atom is 0.262 e. The maximum atomic E-state index is 11.3. The van der Waals surface area contributed by atoms with Gasteiger partial charge in [0, 0.05) is 16.7 Å². The van der Waals surface area contributed by atoms with Crippen LogP contribution in [0, 0.1) is 5.92 Å². The van der Waals surface area contributed by atoms with Gasteiger partial charge in [0.1, 0.15) is 10.6 Å². The monoisotopic (exact) mass is 356 g/mol. The Hall–Kier alpha value is -0.160. The highest BCUT2D eigenvalue weighted by Crippen LogP contribution is 2.37. The minimum Gasteiger partial charge on any atom is -0.489 e. The van der Waals surface area contributed by atoms with Crippen LogP contribution >= 0.6 is 33.9 Å². The Morgan fingerprint density at radius 2 is 1.70 bits per heavy atom. The van der Waals surface area contributed by atoms with E-state index >= 15 is 0 Å². The van der Waals surface area contributed by atoms with E-state index in [1.54, 1.807) is 0 Å². The Morgan fingerprint density at radius 3 is 2.25 bits per heavy atom.